The predicted molar refractivity (Wildman–Crippen MR) is 75.3 cm³/mol. The van der Waals surface area contributed by atoms with Crippen LogP contribution in [0.1, 0.15) is 16.2 Å². The number of aromatic nitrogens is 2. The summed E-state index contributed by atoms with van der Waals surface area (Å²) in [5.74, 6) is -0.943. The highest BCUT2D eigenvalue weighted by molar-refractivity contribution is 5.89. The number of carbonyl (C=O) groups is 1. The number of ether oxygens (including phenoxy) is 1. The SMILES string of the molecule is O=C(OCc1nnc(-c2ccccc2)o1)c1ccccc1F. The van der Waals surface area contributed by atoms with E-state index >= 15 is 0 Å². The molecule has 3 rings (SSSR count). The summed E-state index contributed by atoms with van der Waals surface area (Å²) in [5.41, 5.74) is 0.631. The monoisotopic (exact) mass is 298 g/mol. The molecule has 6 heteroatoms. The average Bonchev–Trinajstić information content (AvgIpc) is 3.03. The minimum absolute atomic E-state index is 0.134. The van der Waals surface area contributed by atoms with E-state index < -0.39 is 11.8 Å². The first-order chi connectivity index (χ1) is 10.7. The van der Waals surface area contributed by atoms with E-state index in [1.54, 1.807) is 6.07 Å². The number of rotatable bonds is 4. The van der Waals surface area contributed by atoms with Gasteiger partial charge in [-0.25, -0.2) is 9.18 Å². The smallest absolute Gasteiger partial charge is 0.341 e. The van der Waals surface area contributed by atoms with E-state index in [1.807, 2.05) is 30.3 Å². The molecule has 0 aliphatic carbocycles. The second-order valence-corrected chi connectivity index (χ2v) is 4.42. The van der Waals surface area contributed by atoms with Gasteiger partial charge in [0.05, 0.1) is 5.56 Å². The molecular formula is C16H11FN2O3. The van der Waals surface area contributed by atoms with E-state index in [0.717, 1.165) is 5.56 Å². The first-order valence-corrected chi connectivity index (χ1v) is 6.53. The average molecular weight is 298 g/mol. The summed E-state index contributed by atoms with van der Waals surface area (Å²) in [7, 11) is 0. The van der Waals surface area contributed by atoms with Gasteiger partial charge in [0.2, 0.25) is 5.89 Å². The van der Waals surface area contributed by atoms with Gasteiger partial charge < -0.3 is 9.15 Å². The fourth-order valence-electron chi connectivity index (χ4n) is 1.84. The molecule has 0 bridgehead atoms. The molecule has 0 fully saturated rings. The van der Waals surface area contributed by atoms with E-state index in [2.05, 4.69) is 10.2 Å². The molecule has 3 aromatic rings. The van der Waals surface area contributed by atoms with Gasteiger partial charge >= 0.3 is 5.97 Å². The Hall–Kier alpha value is -3.02. The van der Waals surface area contributed by atoms with Gasteiger partial charge in [-0.05, 0) is 24.3 Å². The molecule has 0 saturated heterocycles. The van der Waals surface area contributed by atoms with Gasteiger partial charge in [-0.3, -0.25) is 0 Å². The maximum atomic E-state index is 13.4. The second-order valence-electron chi connectivity index (χ2n) is 4.42. The molecule has 110 valence electrons. The third-order valence-electron chi connectivity index (χ3n) is 2.91. The standard InChI is InChI=1S/C16H11FN2O3/c17-13-9-5-4-8-12(13)16(20)21-10-14-18-19-15(22-14)11-6-2-1-3-7-11/h1-9H,10H2. The largest absolute Gasteiger partial charge is 0.452 e. The Kier molecular flexibility index (Phi) is 3.91. The number of hydrogen-bond donors (Lipinski definition) is 0. The highest BCUT2D eigenvalue weighted by Crippen LogP contribution is 2.17. The minimum atomic E-state index is -0.780. The topological polar surface area (TPSA) is 65.2 Å². The Bertz CT molecular complexity index is 787. The van der Waals surface area contributed by atoms with Gasteiger partial charge in [0.1, 0.15) is 5.82 Å². The zero-order valence-corrected chi connectivity index (χ0v) is 11.4. The Morgan fingerprint density at radius 3 is 2.55 bits per heavy atom. The molecule has 0 aliphatic heterocycles. The molecule has 1 aromatic heterocycles. The molecule has 0 amide bonds. The van der Waals surface area contributed by atoms with Gasteiger partial charge in [0.15, 0.2) is 6.61 Å². The summed E-state index contributed by atoms with van der Waals surface area (Å²) in [5, 5.41) is 7.67. The molecule has 0 aliphatic rings. The van der Waals surface area contributed by atoms with E-state index in [4.69, 9.17) is 9.15 Å². The number of esters is 1. The van der Waals surface area contributed by atoms with Crippen molar-refractivity contribution in [2.75, 3.05) is 0 Å². The molecule has 2 aromatic carbocycles. The van der Waals surface area contributed by atoms with Crippen molar-refractivity contribution in [3.05, 3.63) is 71.9 Å². The summed E-state index contributed by atoms with van der Waals surface area (Å²) in [4.78, 5) is 11.8. The van der Waals surface area contributed by atoms with Gasteiger partial charge in [0.25, 0.3) is 5.89 Å². The third-order valence-corrected chi connectivity index (χ3v) is 2.91. The molecule has 0 N–H and O–H groups in total. The predicted octanol–water partition coefficient (Wildman–Crippen LogP) is 3.23. The van der Waals surface area contributed by atoms with Crippen LogP contribution in [0.15, 0.2) is 59.0 Å². The van der Waals surface area contributed by atoms with Crippen LogP contribution in [0.4, 0.5) is 4.39 Å². The van der Waals surface area contributed by atoms with Gasteiger partial charge in [-0.2, -0.15) is 0 Å². The first-order valence-electron chi connectivity index (χ1n) is 6.53. The zero-order chi connectivity index (χ0) is 15.4. The van der Waals surface area contributed by atoms with E-state index in [9.17, 15) is 9.18 Å². The summed E-state index contributed by atoms with van der Waals surface area (Å²) in [6.07, 6.45) is 0. The van der Waals surface area contributed by atoms with Crippen molar-refractivity contribution in [1.29, 1.82) is 0 Å². The quantitative estimate of drug-likeness (QED) is 0.692. The summed E-state index contributed by atoms with van der Waals surface area (Å²) in [6, 6.07) is 14.8. The maximum absolute atomic E-state index is 13.4. The van der Waals surface area contributed by atoms with Gasteiger partial charge in [0, 0.05) is 5.56 Å². The Labute approximate surface area is 125 Å². The number of hydrogen-bond acceptors (Lipinski definition) is 5. The Morgan fingerprint density at radius 1 is 1.05 bits per heavy atom. The zero-order valence-electron chi connectivity index (χ0n) is 11.4. The Balaban J connectivity index is 1.67. The number of benzene rings is 2. The molecular weight excluding hydrogens is 287 g/mol. The highest BCUT2D eigenvalue weighted by Gasteiger charge is 2.14. The third kappa shape index (κ3) is 3.01. The number of carbonyl (C=O) groups excluding carboxylic acids is 1. The van der Waals surface area contributed by atoms with Crippen molar-refractivity contribution in [3.63, 3.8) is 0 Å². The van der Waals surface area contributed by atoms with Crippen molar-refractivity contribution in [2.45, 2.75) is 6.61 Å². The van der Waals surface area contributed by atoms with Crippen LogP contribution in [0, 0.1) is 5.82 Å². The normalized spacial score (nSPS) is 10.4. The van der Waals surface area contributed by atoms with Crippen LogP contribution in [0.2, 0.25) is 0 Å². The number of halogens is 1. The molecule has 1 heterocycles. The van der Waals surface area contributed by atoms with E-state index in [0.29, 0.717) is 5.89 Å². The first kappa shape index (κ1) is 13.9. The molecule has 0 saturated carbocycles. The van der Waals surface area contributed by atoms with Crippen LogP contribution >= 0.6 is 0 Å². The Morgan fingerprint density at radius 2 is 1.77 bits per heavy atom. The number of nitrogens with zero attached hydrogens (tertiary/aromatic N) is 2. The van der Waals surface area contributed by atoms with Gasteiger partial charge in [-0.1, -0.05) is 30.3 Å². The van der Waals surface area contributed by atoms with E-state index in [-0.39, 0.29) is 18.1 Å². The van der Waals surface area contributed by atoms with Crippen LogP contribution in [0.25, 0.3) is 11.5 Å². The maximum Gasteiger partial charge on any atom is 0.341 e. The lowest BCUT2D eigenvalue weighted by Gasteiger charge is -2.02. The van der Waals surface area contributed by atoms with Crippen molar-refractivity contribution >= 4 is 5.97 Å². The van der Waals surface area contributed by atoms with Crippen molar-refractivity contribution in [3.8, 4) is 11.5 Å². The second kappa shape index (κ2) is 6.17. The van der Waals surface area contributed by atoms with Crippen molar-refractivity contribution < 1.29 is 18.3 Å². The van der Waals surface area contributed by atoms with Crippen molar-refractivity contribution in [2.24, 2.45) is 0 Å². The van der Waals surface area contributed by atoms with Crippen LogP contribution in [0.5, 0.6) is 0 Å². The molecule has 0 spiro atoms. The summed E-state index contributed by atoms with van der Waals surface area (Å²) < 4.78 is 23.8. The van der Waals surface area contributed by atoms with Crippen LogP contribution in [-0.2, 0) is 11.3 Å². The minimum Gasteiger partial charge on any atom is -0.452 e. The molecule has 5 nitrogen and oxygen atoms in total. The van der Waals surface area contributed by atoms with Gasteiger partial charge in [-0.15, -0.1) is 10.2 Å². The fourth-order valence-corrected chi connectivity index (χ4v) is 1.84. The lowest BCUT2D eigenvalue weighted by molar-refractivity contribution is 0.0433. The summed E-state index contributed by atoms with van der Waals surface area (Å²) >= 11 is 0. The fraction of sp³-hybridized carbons (Fsp3) is 0.0625. The molecule has 0 radical (unpaired) electrons. The molecule has 0 atom stereocenters. The highest BCUT2D eigenvalue weighted by atomic mass is 19.1. The molecule has 22 heavy (non-hydrogen) atoms. The van der Waals surface area contributed by atoms with Crippen molar-refractivity contribution in [1.82, 2.24) is 10.2 Å². The van der Waals surface area contributed by atoms with Crippen LogP contribution in [-0.4, -0.2) is 16.2 Å². The molecule has 0 unspecified atom stereocenters. The van der Waals surface area contributed by atoms with E-state index in [1.165, 1.54) is 18.2 Å². The van der Waals surface area contributed by atoms with Crippen LogP contribution < -0.4 is 0 Å². The lowest BCUT2D eigenvalue weighted by atomic mass is 10.2. The van der Waals surface area contributed by atoms with Crippen LogP contribution in [0.3, 0.4) is 0 Å². The summed E-state index contributed by atoms with van der Waals surface area (Å²) in [6.45, 7) is -0.215. The lowest BCUT2D eigenvalue weighted by Crippen LogP contribution is -2.07.